The van der Waals surface area contributed by atoms with Gasteiger partial charge in [-0.15, -0.1) is 0 Å². The van der Waals surface area contributed by atoms with Crippen LogP contribution in [0.3, 0.4) is 0 Å². The van der Waals surface area contributed by atoms with Gasteiger partial charge in [0, 0.05) is 5.56 Å². The Morgan fingerprint density at radius 3 is 2.50 bits per heavy atom. The SMILES string of the molecule is CC(Oc1ccccc1)C(=O)NCc1nc(-c2ccccc2)no1. The lowest BCUT2D eigenvalue weighted by Crippen LogP contribution is -2.35. The van der Waals surface area contributed by atoms with Crippen LogP contribution >= 0.6 is 0 Å². The minimum atomic E-state index is -0.621. The number of ether oxygens (including phenoxy) is 1. The topological polar surface area (TPSA) is 77.2 Å². The summed E-state index contributed by atoms with van der Waals surface area (Å²) in [5.74, 6) is 1.23. The third kappa shape index (κ3) is 3.98. The Bertz CT molecular complexity index is 788. The minimum Gasteiger partial charge on any atom is -0.481 e. The van der Waals surface area contributed by atoms with Crippen molar-refractivity contribution < 1.29 is 14.1 Å². The van der Waals surface area contributed by atoms with Crippen LogP contribution in [0.5, 0.6) is 5.75 Å². The third-order valence-corrected chi connectivity index (χ3v) is 3.34. The molecule has 2 aromatic carbocycles. The predicted octanol–water partition coefficient (Wildman–Crippen LogP) is 2.82. The van der Waals surface area contributed by atoms with Gasteiger partial charge in [-0.2, -0.15) is 4.98 Å². The van der Waals surface area contributed by atoms with E-state index in [0.717, 1.165) is 5.56 Å². The highest BCUT2D eigenvalue weighted by molar-refractivity contribution is 5.80. The molecule has 3 rings (SSSR count). The van der Waals surface area contributed by atoms with Gasteiger partial charge in [-0.25, -0.2) is 0 Å². The molecular formula is C18H17N3O3. The average Bonchev–Trinajstić information content (AvgIpc) is 3.10. The average molecular weight is 323 g/mol. The van der Waals surface area contributed by atoms with Gasteiger partial charge in [0.15, 0.2) is 6.10 Å². The second kappa shape index (κ2) is 7.41. The number of nitrogens with zero attached hydrogens (tertiary/aromatic N) is 2. The Hall–Kier alpha value is -3.15. The first-order valence-electron chi connectivity index (χ1n) is 7.60. The molecule has 1 amide bonds. The number of carbonyl (C=O) groups excluding carboxylic acids is 1. The van der Waals surface area contributed by atoms with E-state index in [1.165, 1.54) is 0 Å². The third-order valence-electron chi connectivity index (χ3n) is 3.34. The summed E-state index contributed by atoms with van der Waals surface area (Å²) >= 11 is 0. The van der Waals surface area contributed by atoms with Crippen LogP contribution in [0.4, 0.5) is 0 Å². The first kappa shape index (κ1) is 15.7. The molecule has 0 aliphatic heterocycles. The quantitative estimate of drug-likeness (QED) is 0.755. The summed E-state index contributed by atoms with van der Waals surface area (Å²) in [5.41, 5.74) is 0.861. The van der Waals surface area contributed by atoms with E-state index < -0.39 is 6.10 Å². The van der Waals surface area contributed by atoms with Gasteiger partial charge in [-0.05, 0) is 19.1 Å². The van der Waals surface area contributed by atoms with Gasteiger partial charge < -0.3 is 14.6 Å². The molecule has 1 heterocycles. The lowest BCUT2D eigenvalue weighted by Gasteiger charge is -2.13. The van der Waals surface area contributed by atoms with Gasteiger partial charge in [-0.3, -0.25) is 4.79 Å². The number of rotatable bonds is 6. The van der Waals surface area contributed by atoms with E-state index in [1.807, 2.05) is 48.5 Å². The van der Waals surface area contributed by atoms with Crippen LogP contribution < -0.4 is 10.1 Å². The summed E-state index contributed by atoms with van der Waals surface area (Å²) < 4.78 is 10.7. The van der Waals surface area contributed by atoms with Crippen molar-refractivity contribution in [3.05, 3.63) is 66.6 Å². The minimum absolute atomic E-state index is 0.154. The van der Waals surface area contributed by atoms with Gasteiger partial charge in [0.25, 0.3) is 5.91 Å². The molecular weight excluding hydrogens is 306 g/mol. The highest BCUT2D eigenvalue weighted by Crippen LogP contribution is 2.15. The summed E-state index contributed by atoms with van der Waals surface area (Å²) in [6, 6.07) is 18.7. The summed E-state index contributed by atoms with van der Waals surface area (Å²) in [4.78, 5) is 16.3. The fraction of sp³-hybridized carbons (Fsp3) is 0.167. The van der Waals surface area contributed by atoms with Gasteiger partial charge in [-0.1, -0.05) is 53.7 Å². The number of carbonyl (C=O) groups is 1. The second-order valence-corrected chi connectivity index (χ2v) is 5.17. The number of hydrogen-bond donors (Lipinski definition) is 1. The van der Waals surface area contributed by atoms with E-state index in [9.17, 15) is 4.79 Å². The molecule has 0 fully saturated rings. The van der Waals surface area contributed by atoms with Crippen LogP contribution in [0, 0.1) is 0 Å². The van der Waals surface area contributed by atoms with Crippen LogP contribution in [0.25, 0.3) is 11.4 Å². The standard InChI is InChI=1S/C18H17N3O3/c1-13(23-15-10-6-3-7-11-15)18(22)19-12-16-20-17(21-24-16)14-8-4-2-5-9-14/h2-11,13H,12H2,1H3,(H,19,22). The van der Waals surface area contributed by atoms with Crippen molar-refractivity contribution in [2.24, 2.45) is 0 Å². The molecule has 0 radical (unpaired) electrons. The van der Waals surface area contributed by atoms with Crippen molar-refractivity contribution in [1.29, 1.82) is 0 Å². The van der Waals surface area contributed by atoms with Crippen molar-refractivity contribution in [2.45, 2.75) is 19.6 Å². The first-order valence-corrected chi connectivity index (χ1v) is 7.60. The molecule has 0 aliphatic carbocycles. The fourth-order valence-electron chi connectivity index (χ4n) is 2.09. The second-order valence-electron chi connectivity index (χ2n) is 5.17. The van der Waals surface area contributed by atoms with E-state index >= 15 is 0 Å². The van der Waals surface area contributed by atoms with E-state index in [4.69, 9.17) is 9.26 Å². The Labute approximate surface area is 139 Å². The summed E-state index contributed by atoms with van der Waals surface area (Å²) in [5, 5.41) is 6.63. The van der Waals surface area contributed by atoms with Gasteiger partial charge in [0.05, 0.1) is 6.54 Å². The van der Waals surface area contributed by atoms with Crippen molar-refractivity contribution in [3.63, 3.8) is 0 Å². The molecule has 1 aromatic heterocycles. The number of nitrogens with one attached hydrogen (secondary N) is 1. The fourth-order valence-corrected chi connectivity index (χ4v) is 2.09. The van der Waals surface area contributed by atoms with E-state index in [2.05, 4.69) is 15.5 Å². The van der Waals surface area contributed by atoms with Crippen LogP contribution in [-0.4, -0.2) is 22.2 Å². The molecule has 1 unspecified atom stereocenters. The number of amides is 1. The van der Waals surface area contributed by atoms with E-state index in [0.29, 0.717) is 17.5 Å². The van der Waals surface area contributed by atoms with Crippen molar-refractivity contribution >= 4 is 5.91 Å². The lowest BCUT2D eigenvalue weighted by molar-refractivity contribution is -0.127. The molecule has 3 aromatic rings. The van der Waals surface area contributed by atoms with Crippen LogP contribution in [0.1, 0.15) is 12.8 Å². The largest absolute Gasteiger partial charge is 0.481 e. The molecule has 0 saturated carbocycles. The zero-order chi connectivity index (χ0) is 16.8. The Kier molecular flexibility index (Phi) is 4.86. The highest BCUT2D eigenvalue weighted by atomic mass is 16.5. The number of hydrogen-bond acceptors (Lipinski definition) is 5. The Morgan fingerprint density at radius 2 is 1.79 bits per heavy atom. The Balaban J connectivity index is 1.54. The molecule has 0 saturated heterocycles. The van der Waals surface area contributed by atoms with E-state index in [1.54, 1.807) is 19.1 Å². The summed E-state index contributed by atoms with van der Waals surface area (Å²) in [6.07, 6.45) is -0.621. The van der Waals surface area contributed by atoms with Crippen molar-refractivity contribution in [3.8, 4) is 17.1 Å². The maximum Gasteiger partial charge on any atom is 0.261 e. The number of para-hydroxylation sites is 1. The van der Waals surface area contributed by atoms with E-state index in [-0.39, 0.29) is 12.5 Å². The zero-order valence-electron chi connectivity index (χ0n) is 13.2. The molecule has 122 valence electrons. The van der Waals surface area contributed by atoms with Crippen molar-refractivity contribution in [1.82, 2.24) is 15.5 Å². The molecule has 1 N–H and O–H groups in total. The normalized spacial score (nSPS) is 11.7. The molecule has 6 heteroatoms. The Morgan fingerprint density at radius 1 is 1.12 bits per heavy atom. The van der Waals surface area contributed by atoms with Gasteiger partial charge in [0.2, 0.25) is 11.7 Å². The van der Waals surface area contributed by atoms with Gasteiger partial charge in [0.1, 0.15) is 5.75 Å². The van der Waals surface area contributed by atoms with Crippen molar-refractivity contribution in [2.75, 3.05) is 0 Å². The summed E-state index contributed by atoms with van der Waals surface area (Å²) in [7, 11) is 0. The zero-order valence-corrected chi connectivity index (χ0v) is 13.2. The van der Waals surface area contributed by atoms with Crippen LogP contribution in [-0.2, 0) is 11.3 Å². The predicted molar refractivity (Wildman–Crippen MR) is 88.1 cm³/mol. The smallest absolute Gasteiger partial charge is 0.261 e. The molecule has 1 atom stereocenters. The highest BCUT2D eigenvalue weighted by Gasteiger charge is 2.16. The molecule has 0 spiro atoms. The molecule has 6 nitrogen and oxygen atoms in total. The number of benzene rings is 2. The van der Waals surface area contributed by atoms with Gasteiger partial charge >= 0.3 is 0 Å². The maximum absolute atomic E-state index is 12.1. The first-order chi connectivity index (χ1) is 11.7. The molecule has 0 bridgehead atoms. The monoisotopic (exact) mass is 323 g/mol. The van der Waals surface area contributed by atoms with Crippen LogP contribution in [0.2, 0.25) is 0 Å². The lowest BCUT2D eigenvalue weighted by atomic mass is 10.2. The maximum atomic E-state index is 12.1. The summed E-state index contributed by atoms with van der Waals surface area (Å²) in [6.45, 7) is 1.84. The number of aromatic nitrogens is 2. The molecule has 0 aliphatic rings. The van der Waals surface area contributed by atoms with Crippen LogP contribution in [0.15, 0.2) is 65.2 Å². The molecule has 24 heavy (non-hydrogen) atoms.